The van der Waals surface area contributed by atoms with E-state index in [1.54, 1.807) is 0 Å². The van der Waals surface area contributed by atoms with Gasteiger partial charge in [-0.05, 0) is 25.7 Å². The Morgan fingerprint density at radius 1 is 0.739 bits per heavy atom. The summed E-state index contributed by atoms with van der Waals surface area (Å²) < 4.78 is 11.3. The van der Waals surface area contributed by atoms with Gasteiger partial charge in [0.2, 0.25) is 0 Å². The van der Waals surface area contributed by atoms with Crippen molar-refractivity contribution >= 4 is 11.9 Å². The van der Waals surface area contributed by atoms with Gasteiger partial charge in [0.25, 0.3) is 6.29 Å². The first-order chi connectivity index (χ1) is 10.9. The molecular weight excluding hydrogens is 292 g/mol. The van der Waals surface area contributed by atoms with Gasteiger partial charge in [-0.1, -0.05) is 59.3 Å². The van der Waals surface area contributed by atoms with Gasteiger partial charge >= 0.3 is 11.9 Å². The van der Waals surface area contributed by atoms with E-state index in [9.17, 15) is 9.59 Å². The van der Waals surface area contributed by atoms with Crippen LogP contribution in [0.25, 0.3) is 0 Å². The van der Waals surface area contributed by atoms with Crippen molar-refractivity contribution in [1.29, 1.82) is 0 Å². The molecule has 0 aliphatic heterocycles. The standard InChI is InChI=1S/C19H32O4/c1-19(2,3)18(22-16(20)14-10-6-4-7-11-14)23-17(21)15-12-8-5-9-13-15/h14-15,18H,4-13H2,1-3H3. The number of hydrogen-bond donors (Lipinski definition) is 0. The summed E-state index contributed by atoms with van der Waals surface area (Å²) >= 11 is 0. The second kappa shape index (κ2) is 8.16. The zero-order chi connectivity index (χ0) is 16.9. The number of carbonyl (C=O) groups excluding carboxylic acids is 2. The molecule has 0 amide bonds. The minimum atomic E-state index is -0.786. The minimum Gasteiger partial charge on any atom is -0.424 e. The van der Waals surface area contributed by atoms with Gasteiger partial charge in [0.05, 0.1) is 11.8 Å². The first-order valence-corrected chi connectivity index (χ1v) is 9.29. The van der Waals surface area contributed by atoms with Crippen molar-refractivity contribution in [2.45, 2.75) is 91.3 Å². The fourth-order valence-corrected chi connectivity index (χ4v) is 3.46. The van der Waals surface area contributed by atoms with E-state index >= 15 is 0 Å². The van der Waals surface area contributed by atoms with Gasteiger partial charge in [-0.2, -0.15) is 0 Å². The molecule has 2 saturated carbocycles. The SMILES string of the molecule is CC(C)(C)C(OC(=O)C1CCCCC1)OC(=O)C1CCCCC1. The molecule has 0 spiro atoms. The van der Waals surface area contributed by atoms with Gasteiger partial charge in [0.1, 0.15) is 0 Å². The highest BCUT2D eigenvalue weighted by Gasteiger charge is 2.36. The molecule has 23 heavy (non-hydrogen) atoms. The molecule has 0 N–H and O–H groups in total. The molecule has 2 aliphatic rings. The molecule has 4 heteroatoms. The van der Waals surface area contributed by atoms with Crippen molar-refractivity contribution in [3.8, 4) is 0 Å². The minimum absolute atomic E-state index is 0.0259. The maximum absolute atomic E-state index is 12.4. The number of carbonyl (C=O) groups is 2. The zero-order valence-electron chi connectivity index (χ0n) is 14.9. The van der Waals surface area contributed by atoms with Crippen LogP contribution in [-0.4, -0.2) is 18.2 Å². The first-order valence-electron chi connectivity index (χ1n) is 9.29. The third-order valence-corrected chi connectivity index (χ3v) is 5.03. The Balaban J connectivity index is 1.93. The van der Waals surface area contributed by atoms with E-state index in [2.05, 4.69) is 0 Å². The molecule has 0 heterocycles. The van der Waals surface area contributed by atoms with E-state index in [0.29, 0.717) is 0 Å². The monoisotopic (exact) mass is 324 g/mol. The molecule has 0 aromatic carbocycles. The van der Waals surface area contributed by atoms with E-state index in [1.165, 1.54) is 12.8 Å². The molecule has 2 aliphatic carbocycles. The summed E-state index contributed by atoms with van der Waals surface area (Å²) in [6.45, 7) is 5.83. The molecule has 0 saturated heterocycles. The van der Waals surface area contributed by atoms with Crippen LogP contribution in [0.5, 0.6) is 0 Å². The van der Waals surface area contributed by atoms with Crippen LogP contribution in [0.2, 0.25) is 0 Å². The van der Waals surface area contributed by atoms with Gasteiger partial charge in [-0.25, -0.2) is 0 Å². The van der Waals surface area contributed by atoms with Crippen molar-refractivity contribution in [3.05, 3.63) is 0 Å². The number of esters is 2. The number of ether oxygens (including phenoxy) is 2. The lowest BCUT2D eigenvalue weighted by atomic mass is 9.88. The molecule has 0 aromatic rings. The fourth-order valence-electron chi connectivity index (χ4n) is 3.46. The Bertz CT molecular complexity index is 366. The summed E-state index contributed by atoms with van der Waals surface area (Å²) in [5.41, 5.74) is -0.408. The highest BCUT2D eigenvalue weighted by Crippen LogP contribution is 2.31. The highest BCUT2D eigenvalue weighted by molar-refractivity contribution is 5.74. The summed E-state index contributed by atoms with van der Waals surface area (Å²) in [6, 6.07) is 0. The van der Waals surface area contributed by atoms with E-state index in [-0.39, 0.29) is 23.8 Å². The van der Waals surface area contributed by atoms with Crippen molar-refractivity contribution < 1.29 is 19.1 Å². The Morgan fingerprint density at radius 2 is 1.09 bits per heavy atom. The molecule has 0 radical (unpaired) electrons. The average molecular weight is 324 g/mol. The van der Waals surface area contributed by atoms with Crippen LogP contribution < -0.4 is 0 Å². The van der Waals surface area contributed by atoms with Crippen molar-refractivity contribution in [1.82, 2.24) is 0 Å². The van der Waals surface area contributed by atoms with Crippen LogP contribution in [0, 0.1) is 17.3 Å². The molecule has 0 bridgehead atoms. The predicted molar refractivity (Wildman–Crippen MR) is 88.6 cm³/mol. The van der Waals surface area contributed by atoms with E-state index in [0.717, 1.165) is 51.4 Å². The lowest BCUT2D eigenvalue weighted by Gasteiger charge is -2.33. The Hall–Kier alpha value is -1.06. The Labute approximate surface area is 140 Å². The summed E-state index contributed by atoms with van der Waals surface area (Å²) in [4.78, 5) is 24.8. The predicted octanol–water partition coefficient (Wildman–Crippen LogP) is 4.61. The maximum Gasteiger partial charge on any atom is 0.312 e. The third kappa shape index (κ3) is 5.50. The van der Waals surface area contributed by atoms with Crippen molar-refractivity contribution in [2.24, 2.45) is 17.3 Å². The number of rotatable bonds is 4. The molecule has 2 rings (SSSR count). The number of hydrogen-bond acceptors (Lipinski definition) is 4. The van der Waals surface area contributed by atoms with Crippen molar-refractivity contribution in [2.75, 3.05) is 0 Å². The Morgan fingerprint density at radius 3 is 1.39 bits per heavy atom. The van der Waals surface area contributed by atoms with Crippen LogP contribution >= 0.6 is 0 Å². The van der Waals surface area contributed by atoms with Gasteiger partial charge in [-0.3, -0.25) is 9.59 Å². The summed E-state index contributed by atoms with van der Waals surface area (Å²) in [7, 11) is 0. The summed E-state index contributed by atoms with van der Waals surface area (Å²) in [6.07, 6.45) is 9.53. The van der Waals surface area contributed by atoms with Crippen molar-refractivity contribution in [3.63, 3.8) is 0 Å². The largest absolute Gasteiger partial charge is 0.424 e. The first kappa shape index (κ1) is 18.3. The molecule has 0 aromatic heterocycles. The lowest BCUT2D eigenvalue weighted by Crippen LogP contribution is -2.39. The van der Waals surface area contributed by atoms with E-state index < -0.39 is 11.7 Å². The maximum atomic E-state index is 12.4. The van der Waals surface area contributed by atoms with Gasteiger partial charge in [0, 0.05) is 5.41 Å². The molecule has 0 atom stereocenters. The van der Waals surface area contributed by atoms with Crippen LogP contribution in [-0.2, 0) is 19.1 Å². The second-order valence-electron chi connectivity index (χ2n) is 8.24. The van der Waals surface area contributed by atoms with Gasteiger partial charge in [-0.15, -0.1) is 0 Å². The van der Waals surface area contributed by atoms with Crippen LogP contribution in [0.15, 0.2) is 0 Å². The Kier molecular flexibility index (Phi) is 6.49. The molecular formula is C19H32O4. The van der Waals surface area contributed by atoms with Gasteiger partial charge < -0.3 is 9.47 Å². The molecule has 4 nitrogen and oxygen atoms in total. The smallest absolute Gasteiger partial charge is 0.312 e. The average Bonchev–Trinajstić information content (AvgIpc) is 2.54. The van der Waals surface area contributed by atoms with Crippen LogP contribution in [0.4, 0.5) is 0 Å². The highest BCUT2D eigenvalue weighted by atomic mass is 16.7. The normalized spacial score (nSPS) is 21.2. The van der Waals surface area contributed by atoms with Crippen LogP contribution in [0.3, 0.4) is 0 Å². The van der Waals surface area contributed by atoms with Gasteiger partial charge in [0.15, 0.2) is 0 Å². The fraction of sp³-hybridized carbons (Fsp3) is 0.895. The molecule has 2 fully saturated rings. The van der Waals surface area contributed by atoms with E-state index in [1.807, 2.05) is 20.8 Å². The third-order valence-electron chi connectivity index (χ3n) is 5.03. The second-order valence-corrected chi connectivity index (χ2v) is 8.24. The van der Waals surface area contributed by atoms with Crippen LogP contribution in [0.1, 0.15) is 85.0 Å². The summed E-state index contributed by atoms with van der Waals surface area (Å²) in [5, 5.41) is 0. The quantitative estimate of drug-likeness (QED) is 0.560. The lowest BCUT2D eigenvalue weighted by molar-refractivity contribution is -0.214. The van der Waals surface area contributed by atoms with E-state index in [4.69, 9.17) is 9.47 Å². The summed E-state index contributed by atoms with van der Waals surface area (Å²) in [5.74, 6) is -0.439. The topological polar surface area (TPSA) is 52.6 Å². The molecule has 132 valence electrons. The zero-order valence-corrected chi connectivity index (χ0v) is 14.9. The molecule has 0 unspecified atom stereocenters.